The lowest BCUT2D eigenvalue weighted by molar-refractivity contribution is -0.124. The van der Waals surface area contributed by atoms with Crippen molar-refractivity contribution in [1.29, 1.82) is 0 Å². The van der Waals surface area contributed by atoms with E-state index < -0.39 is 17.9 Å². The molecule has 0 radical (unpaired) electrons. The molecule has 0 fully saturated rings. The largest absolute Gasteiger partial charge is 0.361 e. The number of hydroxylamine groups is 1. The Hall–Kier alpha value is -4.40. The average Bonchev–Trinajstić information content (AvgIpc) is 3.31. The molecule has 0 aliphatic rings. The first-order valence-electron chi connectivity index (χ1n) is 11.1. The van der Waals surface area contributed by atoms with E-state index in [1.54, 1.807) is 48.5 Å². The summed E-state index contributed by atoms with van der Waals surface area (Å²) in [4.78, 5) is 40.8. The van der Waals surface area contributed by atoms with Crippen LogP contribution in [0.3, 0.4) is 0 Å². The normalized spacial score (nSPS) is 11.8. The summed E-state index contributed by atoms with van der Waals surface area (Å²) >= 11 is 5.95. The van der Waals surface area contributed by atoms with E-state index in [0.717, 1.165) is 22.5 Å². The molecule has 4 rings (SSSR count). The number of fused-ring (bicyclic) bond motifs is 1. The maximum Gasteiger partial charge on any atom is 0.267 e. The van der Waals surface area contributed by atoms with E-state index in [1.165, 1.54) is 11.6 Å². The summed E-state index contributed by atoms with van der Waals surface area (Å²) in [6.07, 6.45) is 4.68. The van der Waals surface area contributed by atoms with Gasteiger partial charge in [0.15, 0.2) is 0 Å². The molecule has 0 saturated heterocycles. The van der Waals surface area contributed by atoms with Gasteiger partial charge < -0.3 is 15.6 Å². The highest BCUT2D eigenvalue weighted by atomic mass is 35.5. The number of benzene rings is 3. The summed E-state index contributed by atoms with van der Waals surface area (Å²) in [6, 6.07) is 20.1. The van der Waals surface area contributed by atoms with E-state index in [0.29, 0.717) is 21.8 Å². The van der Waals surface area contributed by atoms with Crippen LogP contribution in [0.5, 0.6) is 0 Å². The fraction of sp³-hybridized carbons (Fsp3) is 0.0741. The van der Waals surface area contributed by atoms with Crippen LogP contribution in [-0.2, 0) is 16.0 Å². The van der Waals surface area contributed by atoms with Crippen molar-refractivity contribution in [3.8, 4) is 0 Å². The SMILES string of the molecule is O=C(/C=C/c1cccc(C(=O)NC(Cc2c[nH]c3ccccc23)C(=O)Nc2ccc(Cl)cc2)c1)NO. The molecule has 0 aliphatic heterocycles. The third-order valence-electron chi connectivity index (χ3n) is 5.52. The second kappa shape index (κ2) is 11.4. The maximum atomic E-state index is 13.3. The molecule has 1 atom stereocenters. The zero-order valence-corrected chi connectivity index (χ0v) is 19.8. The number of rotatable bonds is 8. The van der Waals surface area contributed by atoms with Gasteiger partial charge in [0.05, 0.1) is 0 Å². The quantitative estimate of drug-likeness (QED) is 0.140. The second-order valence-corrected chi connectivity index (χ2v) is 8.46. The molecule has 36 heavy (non-hydrogen) atoms. The van der Waals surface area contributed by atoms with Crippen LogP contribution >= 0.6 is 11.6 Å². The van der Waals surface area contributed by atoms with Crippen molar-refractivity contribution in [1.82, 2.24) is 15.8 Å². The number of halogens is 1. The fourth-order valence-electron chi connectivity index (χ4n) is 3.73. The minimum absolute atomic E-state index is 0.255. The first-order valence-corrected chi connectivity index (χ1v) is 11.5. The van der Waals surface area contributed by atoms with Crippen LogP contribution in [0, 0.1) is 0 Å². The third kappa shape index (κ3) is 6.18. The van der Waals surface area contributed by atoms with E-state index in [9.17, 15) is 14.4 Å². The number of hydrogen-bond donors (Lipinski definition) is 5. The van der Waals surface area contributed by atoms with Crippen LogP contribution in [0.15, 0.2) is 85.1 Å². The van der Waals surface area contributed by atoms with Crippen LogP contribution in [0.2, 0.25) is 5.02 Å². The van der Waals surface area contributed by atoms with Gasteiger partial charge in [-0.1, -0.05) is 41.9 Å². The molecule has 4 aromatic rings. The van der Waals surface area contributed by atoms with Gasteiger partial charge in [-0.3, -0.25) is 19.6 Å². The van der Waals surface area contributed by atoms with Crippen molar-refractivity contribution in [3.05, 3.63) is 107 Å². The van der Waals surface area contributed by atoms with E-state index >= 15 is 0 Å². The Bertz CT molecular complexity index is 1430. The highest BCUT2D eigenvalue weighted by Crippen LogP contribution is 2.20. The number of hydrogen-bond acceptors (Lipinski definition) is 4. The van der Waals surface area contributed by atoms with Crippen molar-refractivity contribution in [2.24, 2.45) is 0 Å². The Balaban J connectivity index is 1.57. The van der Waals surface area contributed by atoms with Crippen molar-refractivity contribution in [2.75, 3.05) is 5.32 Å². The van der Waals surface area contributed by atoms with Gasteiger partial charge in [-0.25, -0.2) is 5.48 Å². The number of carbonyl (C=O) groups excluding carboxylic acids is 3. The standard InChI is InChI=1S/C27H23ClN4O4/c28-20-9-11-21(12-10-20)30-27(35)24(15-19-16-29-23-7-2-1-6-22(19)23)31-26(34)18-5-3-4-17(14-18)8-13-25(33)32-36/h1-14,16,24,29,36H,15H2,(H,30,35)(H,31,34)(H,32,33)/b13-8+. The Labute approximate surface area is 211 Å². The molecule has 8 nitrogen and oxygen atoms in total. The molecule has 0 spiro atoms. The number of aromatic nitrogens is 1. The van der Waals surface area contributed by atoms with Gasteiger partial charge in [-0.15, -0.1) is 0 Å². The van der Waals surface area contributed by atoms with E-state index in [2.05, 4.69) is 15.6 Å². The lowest BCUT2D eigenvalue weighted by Crippen LogP contribution is -2.45. The van der Waals surface area contributed by atoms with Crippen LogP contribution in [-0.4, -0.2) is 34.0 Å². The van der Waals surface area contributed by atoms with Gasteiger partial charge in [0.1, 0.15) is 6.04 Å². The lowest BCUT2D eigenvalue weighted by atomic mass is 10.0. The second-order valence-electron chi connectivity index (χ2n) is 8.02. The Morgan fingerprint density at radius 2 is 1.78 bits per heavy atom. The van der Waals surface area contributed by atoms with Crippen LogP contribution in [0.1, 0.15) is 21.5 Å². The zero-order valence-electron chi connectivity index (χ0n) is 19.0. The highest BCUT2D eigenvalue weighted by Gasteiger charge is 2.23. The average molecular weight is 503 g/mol. The van der Waals surface area contributed by atoms with Gasteiger partial charge in [0.25, 0.3) is 11.8 Å². The molecule has 1 unspecified atom stereocenters. The molecule has 3 aromatic carbocycles. The third-order valence-corrected chi connectivity index (χ3v) is 5.77. The molecule has 1 heterocycles. The van der Waals surface area contributed by atoms with Crippen LogP contribution < -0.4 is 16.1 Å². The van der Waals surface area contributed by atoms with E-state index in [1.807, 2.05) is 30.5 Å². The first kappa shape index (κ1) is 24.7. The van der Waals surface area contributed by atoms with Crippen LogP contribution in [0.4, 0.5) is 5.69 Å². The van der Waals surface area contributed by atoms with Gasteiger partial charge in [-0.05, 0) is 59.7 Å². The van der Waals surface area contributed by atoms with Crippen molar-refractivity contribution >= 4 is 52.0 Å². The van der Waals surface area contributed by atoms with Gasteiger partial charge >= 0.3 is 0 Å². The number of anilines is 1. The van der Waals surface area contributed by atoms with E-state index in [-0.39, 0.29) is 12.3 Å². The Morgan fingerprint density at radius 3 is 2.56 bits per heavy atom. The lowest BCUT2D eigenvalue weighted by Gasteiger charge is -2.19. The van der Waals surface area contributed by atoms with Crippen molar-refractivity contribution < 1.29 is 19.6 Å². The summed E-state index contributed by atoms with van der Waals surface area (Å²) in [5.41, 5.74) is 4.76. The summed E-state index contributed by atoms with van der Waals surface area (Å²) in [7, 11) is 0. The zero-order chi connectivity index (χ0) is 25.5. The summed E-state index contributed by atoms with van der Waals surface area (Å²) < 4.78 is 0. The molecule has 5 N–H and O–H groups in total. The fourth-order valence-corrected chi connectivity index (χ4v) is 3.85. The summed E-state index contributed by atoms with van der Waals surface area (Å²) in [5, 5.41) is 15.8. The van der Waals surface area contributed by atoms with E-state index in [4.69, 9.17) is 16.8 Å². The molecule has 0 bridgehead atoms. The van der Waals surface area contributed by atoms with Crippen molar-refractivity contribution in [3.63, 3.8) is 0 Å². The highest BCUT2D eigenvalue weighted by molar-refractivity contribution is 6.30. The van der Waals surface area contributed by atoms with Gasteiger partial charge in [-0.2, -0.15) is 0 Å². The summed E-state index contributed by atoms with van der Waals surface area (Å²) in [5.74, 6) is -1.53. The predicted octanol–water partition coefficient (Wildman–Crippen LogP) is 4.32. The Morgan fingerprint density at radius 1 is 1.00 bits per heavy atom. The molecule has 1 aromatic heterocycles. The molecule has 0 aliphatic carbocycles. The number of aromatic amines is 1. The molecule has 9 heteroatoms. The topological polar surface area (TPSA) is 123 Å². The monoisotopic (exact) mass is 502 g/mol. The molecule has 0 saturated carbocycles. The number of para-hydroxylation sites is 1. The maximum absolute atomic E-state index is 13.3. The molecular formula is C27H23ClN4O4. The summed E-state index contributed by atoms with van der Waals surface area (Å²) in [6.45, 7) is 0. The number of amides is 3. The minimum Gasteiger partial charge on any atom is -0.361 e. The predicted molar refractivity (Wildman–Crippen MR) is 139 cm³/mol. The number of nitrogens with one attached hydrogen (secondary N) is 4. The molecule has 182 valence electrons. The first-order chi connectivity index (χ1) is 17.4. The van der Waals surface area contributed by atoms with Crippen LogP contribution in [0.25, 0.3) is 17.0 Å². The number of carbonyl (C=O) groups is 3. The van der Waals surface area contributed by atoms with Crippen molar-refractivity contribution in [2.45, 2.75) is 12.5 Å². The molecule has 3 amide bonds. The smallest absolute Gasteiger partial charge is 0.267 e. The number of H-pyrrole nitrogens is 1. The molecular weight excluding hydrogens is 480 g/mol. The Kier molecular flexibility index (Phi) is 7.79. The van der Waals surface area contributed by atoms with Gasteiger partial charge in [0.2, 0.25) is 5.91 Å². The minimum atomic E-state index is -0.883. The van der Waals surface area contributed by atoms with Gasteiger partial charge in [0, 0.05) is 45.9 Å².